The molecular formula is C26H27N5O2. The van der Waals surface area contributed by atoms with Crippen LogP contribution in [0.25, 0.3) is 11.0 Å². The van der Waals surface area contributed by atoms with Gasteiger partial charge in [-0.25, -0.2) is 4.98 Å². The van der Waals surface area contributed by atoms with Gasteiger partial charge in [0, 0.05) is 32.9 Å². The lowest BCUT2D eigenvalue weighted by Gasteiger charge is -2.28. The first-order chi connectivity index (χ1) is 16.0. The van der Waals surface area contributed by atoms with Gasteiger partial charge in [-0.05, 0) is 42.7 Å². The van der Waals surface area contributed by atoms with Gasteiger partial charge in [0.15, 0.2) is 0 Å². The lowest BCUT2D eigenvalue weighted by molar-refractivity contribution is 0.0717. The molecule has 1 N–H and O–H groups in total. The lowest BCUT2D eigenvalue weighted by atomic mass is 10.0. The van der Waals surface area contributed by atoms with Crippen molar-refractivity contribution in [1.82, 2.24) is 24.8 Å². The molecular weight excluding hydrogens is 414 g/mol. The van der Waals surface area contributed by atoms with Gasteiger partial charge >= 0.3 is 0 Å². The number of aryl methyl sites for hydroxylation is 1. The van der Waals surface area contributed by atoms with Gasteiger partial charge in [0.1, 0.15) is 11.4 Å². The number of carbonyl (C=O) groups excluding carboxylic acids is 2. The summed E-state index contributed by atoms with van der Waals surface area (Å²) in [4.78, 5) is 36.4. The van der Waals surface area contributed by atoms with Crippen LogP contribution in [-0.2, 0) is 13.5 Å². The fourth-order valence-corrected chi connectivity index (χ4v) is 3.87. The number of hydrogen-bond donors (Lipinski definition) is 1. The summed E-state index contributed by atoms with van der Waals surface area (Å²) in [6.07, 6.45) is 4.64. The molecule has 7 heteroatoms. The third-order valence-electron chi connectivity index (χ3n) is 5.79. The number of fused-ring (bicyclic) bond motifs is 1. The maximum absolute atomic E-state index is 13.3. The van der Waals surface area contributed by atoms with E-state index in [1.165, 1.54) is 6.20 Å². The second-order valence-electron chi connectivity index (χ2n) is 8.05. The Morgan fingerprint density at radius 1 is 1.00 bits per heavy atom. The van der Waals surface area contributed by atoms with Gasteiger partial charge in [0.2, 0.25) is 0 Å². The van der Waals surface area contributed by atoms with Gasteiger partial charge in [0.25, 0.3) is 11.8 Å². The highest BCUT2D eigenvalue weighted by atomic mass is 16.2. The van der Waals surface area contributed by atoms with Crippen LogP contribution in [0.2, 0.25) is 0 Å². The van der Waals surface area contributed by atoms with Crippen molar-refractivity contribution in [2.45, 2.75) is 18.9 Å². The third kappa shape index (κ3) is 5.26. The molecule has 4 rings (SSSR count). The molecule has 4 aromatic rings. The van der Waals surface area contributed by atoms with Crippen molar-refractivity contribution in [2.75, 3.05) is 13.6 Å². The van der Waals surface area contributed by atoms with Crippen LogP contribution in [-0.4, -0.2) is 50.9 Å². The first kappa shape index (κ1) is 22.2. The predicted octanol–water partition coefficient (Wildman–Crippen LogP) is 3.47. The highest BCUT2D eigenvalue weighted by Crippen LogP contribution is 2.15. The summed E-state index contributed by atoms with van der Waals surface area (Å²) < 4.78 is 1.78. The average molecular weight is 442 g/mol. The molecule has 2 amide bonds. The summed E-state index contributed by atoms with van der Waals surface area (Å²) in [5.74, 6) is -0.321. The summed E-state index contributed by atoms with van der Waals surface area (Å²) in [5, 5.41) is 2.97. The van der Waals surface area contributed by atoms with Crippen LogP contribution in [0.15, 0.2) is 79.1 Å². The molecule has 0 radical (unpaired) electrons. The van der Waals surface area contributed by atoms with Gasteiger partial charge in [-0.2, -0.15) is 0 Å². The van der Waals surface area contributed by atoms with Crippen LogP contribution in [0, 0.1) is 0 Å². The number of aromatic nitrogens is 3. The SMILES string of the molecule is CN(C(=O)c1cnc2ccccc2n1)C(CCNC(=O)c1cccn1C)Cc1ccccc1. The number of hydrogen-bond acceptors (Lipinski definition) is 4. The van der Waals surface area contributed by atoms with Crippen LogP contribution in [0.5, 0.6) is 0 Å². The quantitative estimate of drug-likeness (QED) is 0.454. The van der Waals surface area contributed by atoms with E-state index in [0.29, 0.717) is 36.3 Å². The number of carbonyl (C=O) groups is 2. The molecule has 1 unspecified atom stereocenters. The number of amides is 2. The average Bonchev–Trinajstić information content (AvgIpc) is 3.28. The number of nitrogens with zero attached hydrogens (tertiary/aromatic N) is 4. The van der Waals surface area contributed by atoms with Crippen LogP contribution < -0.4 is 5.32 Å². The fraction of sp³-hybridized carbons (Fsp3) is 0.231. The minimum absolute atomic E-state index is 0.123. The van der Waals surface area contributed by atoms with Gasteiger partial charge in [-0.15, -0.1) is 0 Å². The van der Waals surface area contributed by atoms with Crippen molar-refractivity contribution < 1.29 is 9.59 Å². The van der Waals surface area contributed by atoms with Crippen molar-refractivity contribution >= 4 is 22.8 Å². The Hall–Kier alpha value is -4.00. The molecule has 2 aromatic carbocycles. The lowest BCUT2D eigenvalue weighted by Crippen LogP contribution is -2.41. The molecule has 1 atom stereocenters. The molecule has 0 bridgehead atoms. The molecule has 2 heterocycles. The van der Waals surface area contributed by atoms with Crippen LogP contribution in [0.4, 0.5) is 0 Å². The zero-order chi connectivity index (χ0) is 23.2. The Labute approximate surface area is 193 Å². The summed E-state index contributed by atoms with van der Waals surface area (Å²) in [7, 11) is 3.62. The normalized spacial score (nSPS) is 11.8. The van der Waals surface area contributed by atoms with Crippen molar-refractivity contribution in [3.8, 4) is 0 Å². The van der Waals surface area contributed by atoms with Crippen molar-refractivity contribution in [3.63, 3.8) is 0 Å². The first-order valence-corrected chi connectivity index (χ1v) is 11.0. The van der Waals surface area contributed by atoms with E-state index in [4.69, 9.17) is 0 Å². The predicted molar refractivity (Wildman–Crippen MR) is 128 cm³/mol. The number of benzene rings is 2. The van der Waals surface area contributed by atoms with Crippen LogP contribution in [0.1, 0.15) is 33.0 Å². The minimum atomic E-state index is -0.192. The topological polar surface area (TPSA) is 80.1 Å². The number of likely N-dealkylation sites (N-methyl/N-ethyl adjacent to an activating group) is 1. The van der Waals surface area contributed by atoms with E-state index in [2.05, 4.69) is 15.3 Å². The van der Waals surface area contributed by atoms with Gasteiger partial charge in [-0.3, -0.25) is 14.6 Å². The Morgan fingerprint density at radius 3 is 2.45 bits per heavy atom. The second kappa shape index (κ2) is 10.1. The highest BCUT2D eigenvalue weighted by molar-refractivity contribution is 5.94. The van der Waals surface area contributed by atoms with E-state index in [-0.39, 0.29) is 17.9 Å². The summed E-state index contributed by atoms with van der Waals surface area (Å²) in [5.41, 5.74) is 3.47. The standard InChI is InChI=1S/C26H27N5O2/c1-30-16-8-13-24(30)25(32)27-15-14-20(17-19-9-4-3-5-10-19)31(2)26(33)23-18-28-21-11-6-7-12-22(21)29-23/h3-13,16,18,20H,14-15,17H2,1-2H3,(H,27,32). The largest absolute Gasteiger partial charge is 0.351 e. The maximum Gasteiger partial charge on any atom is 0.274 e. The molecule has 0 saturated heterocycles. The van der Waals surface area contributed by atoms with Crippen molar-refractivity contribution in [2.24, 2.45) is 7.05 Å². The third-order valence-corrected chi connectivity index (χ3v) is 5.79. The molecule has 33 heavy (non-hydrogen) atoms. The van der Waals surface area contributed by atoms with E-state index in [0.717, 1.165) is 11.1 Å². The zero-order valence-electron chi connectivity index (χ0n) is 18.8. The molecule has 7 nitrogen and oxygen atoms in total. The summed E-state index contributed by atoms with van der Waals surface area (Å²) in [6, 6.07) is 21.0. The Kier molecular flexibility index (Phi) is 6.78. The number of rotatable bonds is 8. The highest BCUT2D eigenvalue weighted by Gasteiger charge is 2.23. The molecule has 0 spiro atoms. The molecule has 0 aliphatic rings. The van der Waals surface area contributed by atoms with Crippen molar-refractivity contribution in [3.05, 3.63) is 96.1 Å². The van der Waals surface area contributed by atoms with E-state index in [1.54, 1.807) is 22.6 Å². The first-order valence-electron chi connectivity index (χ1n) is 11.0. The Morgan fingerprint density at radius 2 is 1.73 bits per heavy atom. The Balaban J connectivity index is 1.49. The monoisotopic (exact) mass is 441 g/mol. The van der Waals surface area contributed by atoms with Gasteiger partial charge in [0.05, 0.1) is 17.2 Å². The summed E-state index contributed by atoms with van der Waals surface area (Å²) >= 11 is 0. The Bertz CT molecular complexity index is 1250. The molecule has 0 fully saturated rings. The van der Waals surface area contributed by atoms with Gasteiger partial charge < -0.3 is 14.8 Å². The molecule has 0 saturated carbocycles. The van der Waals surface area contributed by atoms with Crippen LogP contribution in [0.3, 0.4) is 0 Å². The van der Waals surface area contributed by atoms with Gasteiger partial charge in [-0.1, -0.05) is 42.5 Å². The molecule has 0 aliphatic carbocycles. The second-order valence-corrected chi connectivity index (χ2v) is 8.05. The summed E-state index contributed by atoms with van der Waals surface area (Å²) in [6.45, 7) is 0.447. The number of nitrogens with one attached hydrogen (secondary N) is 1. The van der Waals surface area contributed by atoms with E-state index < -0.39 is 0 Å². The molecule has 168 valence electrons. The van der Waals surface area contributed by atoms with E-state index in [9.17, 15) is 9.59 Å². The molecule has 2 aromatic heterocycles. The maximum atomic E-state index is 13.3. The van der Waals surface area contributed by atoms with Crippen molar-refractivity contribution in [1.29, 1.82) is 0 Å². The smallest absolute Gasteiger partial charge is 0.274 e. The molecule has 0 aliphatic heterocycles. The minimum Gasteiger partial charge on any atom is -0.351 e. The van der Waals surface area contributed by atoms with E-state index in [1.807, 2.05) is 73.9 Å². The number of para-hydroxylation sites is 2. The van der Waals surface area contributed by atoms with Crippen LogP contribution >= 0.6 is 0 Å². The van der Waals surface area contributed by atoms with E-state index >= 15 is 0 Å². The zero-order valence-corrected chi connectivity index (χ0v) is 18.8. The fourth-order valence-electron chi connectivity index (χ4n) is 3.87.